The molecule has 134 valence electrons. The van der Waals surface area contributed by atoms with Gasteiger partial charge in [0, 0.05) is 34.3 Å². The first kappa shape index (κ1) is 17.5. The number of hydrogen-bond acceptors (Lipinski definition) is 3. The Morgan fingerprint density at radius 1 is 1.04 bits per heavy atom. The molecule has 0 radical (unpaired) electrons. The molecule has 26 heavy (non-hydrogen) atoms. The van der Waals surface area contributed by atoms with Gasteiger partial charge in [-0.05, 0) is 23.8 Å². The number of carbonyl (C=O) groups excluding carboxylic acids is 1. The minimum atomic E-state index is -0.225. The van der Waals surface area contributed by atoms with E-state index in [1.54, 1.807) is 29.3 Å². The maximum atomic E-state index is 12.4. The Hall–Kier alpha value is -3.28. The van der Waals surface area contributed by atoms with Crippen molar-refractivity contribution >= 4 is 34.4 Å². The first-order valence-corrected chi connectivity index (χ1v) is 8.29. The minimum Gasteiger partial charge on any atom is -0.376 e. The maximum Gasteiger partial charge on any atom is 0.328 e. The number of carbonyl (C=O) groups is 1. The molecule has 0 fully saturated rings. The van der Waals surface area contributed by atoms with E-state index in [2.05, 4.69) is 5.32 Å². The molecule has 0 aliphatic carbocycles. The van der Waals surface area contributed by atoms with Crippen LogP contribution in [-0.2, 0) is 18.9 Å². The Kier molecular flexibility index (Phi) is 4.67. The molecule has 1 heterocycles. The van der Waals surface area contributed by atoms with Crippen molar-refractivity contribution in [1.82, 2.24) is 9.13 Å². The summed E-state index contributed by atoms with van der Waals surface area (Å²) in [5.41, 5.74) is 3.93. The fourth-order valence-electron chi connectivity index (χ4n) is 2.91. The molecule has 0 saturated carbocycles. The Morgan fingerprint density at radius 2 is 1.65 bits per heavy atom. The maximum absolute atomic E-state index is 12.4. The van der Waals surface area contributed by atoms with Crippen LogP contribution in [0.5, 0.6) is 0 Å². The topological polar surface area (TPSA) is 59.3 Å². The summed E-state index contributed by atoms with van der Waals surface area (Å²) in [7, 11) is 7.27. The summed E-state index contributed by atoms with van der Waals surface area (Å²) in [6.07, 6.45) is 3.27. The lowest BCUT2D eigenvalue weighted by Crippen LogP contribution is -2.19. The van der Waals surface area contributed by atoms with Gasteiger partial charge in [-0.25, -0.2) is 4.79 Å². The van der Waals surface area contributed by atoms with E-state index < -0.39 is 0 Å². The van der Waals surface area contributed by atoms with Crippen molar-refractivity contribution in [2.24, 2.45) is 14.1 Å². The molecule has 3 aromatic rings. The van der Waals surface area contributed by atoms with E-state index >= 15 is 0 Å². The second-order valence-electron chi connectivity index (χ2n) is 6.39. The third-order valence-corrected chi connectivity index (χ3v) is 4.36. The molecule has 3 rings (SSSR count). The number of fused-ring (bicyclic) bond motifs is 1. The molecule has 0 aliphatic heterocycles. The van der Waals surface area contributed by atoms with Crippen molar-refractivity contribution < 1.29 is 4.79 Å². The predicted octanol–water partition coefficient (Wildman–Crippen LogP) is 2.59. The second kappa shape index (κ2) is 6.92. The summed E-state index contributed by atoms with van der Waals surface area (Å²) >= 11 is 0. The van der Waals surface area contributed by atoms with E-state index in [-0.39, 0.29) is 11.6 Å². The van der Waals surface area contributed by atoms with Crippen molar-refractivity contribution in [3.05, 3.63) is 64.6 Å². The summed E-state index contributed by atoms with van der Waals surface area (Å²) in [6, 6.07) is 13.4. The van der Waals surface area contributed by atoms with E-state index in [4.69, 9.17) is 0 Å². The van der Waals surface area contributed by atoms with Gasteiger partial charge in [0.25, 0.3) is 0 Å². The number of nitrogens with one attached hydrogen (secondary N) is 1. The number of amides is 1. The van der Waals surface area contributed by atoms with Gasteiger partial charge in [0.15, 0.2) is 0 Å². The molecule has 0 aliphatic rings. The normalized spacial score (nSPS) is 11.2. The van der Waals surface area contributed by atoms with E-state index in [1.165, 1.54) is 6.08 Å². The second-order valence-corrected chi connectivity index (χ2v) is 6.39. The number of anilines is 2. The van der Waals surface area contributed by atoms with Crippen LogP contribution in [0.3, 0.4) is 0 Å². The standard InChI is InChI=1S/C20H22N4O2/c1-22(2)16-13-18-17(23(3)20(26)24(18)4)12-15(16)21-19(25)11-10-14-8-6-5-7-9-14/h5-13H,1-4H3,(H,21,25)/b11-10+. The Labute approximate surface area is 152 Å². The quantitative estimate of drug-likeness (QED) is 0.736. The summed E-state index contributed by atoms with van der Waals surface area (Å²) in [4.78, 5) is 26.4. The highest BCUT2D eigenvalue weighted by Crippen LogP contribution is 2.29. The summed E-state index contributed by atoms with van der Waals surface area (Å²) in [5.74, 6) is -0.225. The Bertz CT molecular complexity index is 1040. The molecule has 0 saturated heterocycles. The van der Waals surface area contributed by atoms with Crippen LogP contribution < -0.4 is 15.9 Å². The average Bonchev–Trinajstić information content (AvgIpc) is 2.84. The van der Waals surface area contributed by atoms with Crippen LogP contribution in [0.15, 0.2) is 53.3 Å². The SMILES string of the molecule is CN(C)c1cc2c(cc1NC(=O)/C=C/c1ccccc1)n(C)c(=O)n2C. The Morgan fingerprint density at radius 3 is 2.27 bits per heavy atom. The average molecular weight is 350 g/mol. The van der Waals surface area contributed by atoms with Crippen molar-refractivity contribution in [1.29, 1.82) is 0 Å². The summed E-state index contributed by atoms with van der Waals surface area (Å²) in [6.45, 7) is 0. The van der Waals surface area contributed by atoms with Crippen LogP contribution in [0.25, 0.3) is 17.1 Å². The summed E-state index contributed by atoms with van der Waals surface area (Å²) < 4.78 is 3.17. The van der Waals surface area contributed by atoms with E-state index in [1.807, 2.05) is 61.5 Å². The third kappa shape index (κ3) is 3.26. The number of benzene rings is 2. The smallest absolute Gasteiger partial charge is 0.328 e. The molecule has 1 amide bonds. The third-order valence-electron chi connectivity index (χ3n) is 4.36. The highest BCUT2D eigenvalue weighted by molar-refractivity contribution is 6.05. The van der Waals surface area contributed by atoms with Gasteiger partial charge in [0.1, 0.15) is 0 Å². The van der Waals surface area contributed by atoms with Gasteiger partial charge in [0.2, 0.25) is 5.91 Å². The van der Waals surface area contributed by atoms with Crippen LogP contribution in [0.4, 0.5) is 11.4 Å². The van der Waals surface area contributed by atoms with E-state index in [0.717, 1.165) is 22.3 Å². The van der Waals surface area contributed by atoms with Gasteiger partial charge < -0.3 is 10.2 Å². The highest BCUT2D eigenvalue weighted by Gasteiger charge is 2.14. The first-order valence-electron chi connectivity index (χ1n) is 8.29. The molecular formula is C20H22N4O2. The molecule has 0 spiro atoms. The van der Waals surface area contributed by atoms with Crippen LogP contribution in [-0.4, -0.2) is 29.1 Å². The lowest BCUT2D eigenvalue weighted by molar-refractivity contribution is -0.111. The lowest BCUT2D eigenvalue weighted by Gasteiger charge is -2.18. The van der Waals surface area contributed by atoms with Crippen LogP contribution in [0, 0.1) is 0 Å². The molecule has 2 aromatic carbocycles. The largest absolute Gasteiger partial charge is 0.376 e. The number of rotatable bonds is 4. The van der Waals surface area contributed by atoms with Crippen molar-refractivity contribution in [3.8, 4) is 0 Å². The number of hydrogen-bond donors (Lipinski definition) is 1. The molecule has 6 nitrogen and oxygen atoms in total. The number of aryl methyl sites for hydroxylation is 2. The zero-order valence-corrected chi connectivity index (χ0v) is 15.4. The Balaban J connectivity index is 1.97. The van der Waals surface area contributed by atoms with Gasteiger partial charge >= 0.3 is 5.69 Å². The molecule has 6 heteroatoms. The fourth-order valence-corrected chi connectivity index (χ4v) is 2.91. The zero-order chi connectivity index (χ0) is 18.8. The molecule has 1 N–H and O–H groups in total. The minimum absolute atomic E-state index is 0.0999. The number of imidazole rings is 1. The van der Waals surface area contributed by atoms with Crippen molar-refractivity contribution in [2.75, 3.05) is 24.3 Å². The molecule has 0 bridgehead atoms. The molecular weight excluding hydrogens is 328 g/mol. The van der Waals surface area contributed by atoms with Crippen molar-refractivity contribution in [2.45, 2.75) is 0 Å². The fraction of sp³-hybridized carbons (Fsp3) is 0.200. The van der Waals surface area contributed by atoms with E-state index in [0.29, 0.717) is 5.69 Å². The summed E-state index contributed by atoms with van der Waals surface area (Å²) in [5, 5.41) is 2.92. The van der Waals surface area contributed by atoms with Crippen LogP contribution >= 0.6 is 0 Å². The zero-order valence-electron chi connectivity index (χ0n) is 15.4. The van der Waals surface area contributed by atoms with Crippen LogP contribution in [0.2, 0.25) is 0 Å². The van der Waals surface area contributed by atoms with Gasteiger partial charge in [-0.2, -0.15) is 0 Å². The van der Waals surface area contributed by atoms with E-state index in [9.17, 15) is 9.59 Å². The van der Waals surface area contributed by atoms with Gasteiger partial charge in [-0.15, -0.1) is 0 Å². The first-order chi connectivity index (χ1) is 12.4. The highest BCUT2D eigenvalue weighted by atomic mass is 16.2. The monoisotopic (exact) mass is 350 g/mol. The van der Waals surface area contributed by atoms with Gasteiger partial charge in [-0.3, -0.25) is 13.9 Å². The molecule has 0 atom stereocenters. The van der Waals surface area contributed by atoms with Crippen molar-refractivity contribution in [3.63, 3.8) is 0 Å². The number of aromatic nitrogens is 2. The van der Waals surface area contributed by atoms with Gasteiger partial charge in [0.05, 0.1) is 22.4 Å². The lowest BCUT2D eigenvalue weighted by atomic mass is 10.2. The predicted molar refractivity (Wildman–Crippen MR) is 107 cm³/mol. The molecule has 0 unspecified atom stereocenters. The number of nitrogens with zero attached hydrogens (tertiary/aromatic N) is 3. The van der Waals surface area contributed by atoms with Crippen LogP contribution in [0.1, 0.15) is 5.56 Å². The molecule has 1 aromatic heterocycles. The van der Waals surface area contributed by atoms with Gasteiger partial charge in [-0.1, -0.05) is 30.3 Å².